The second-order valence-corrected chi connectivity index (χ2v) is 5.04. The van der Waals surface area contributed by atoms with Crippen LogP contribution in [-0.4, -0.2) is 16.1 Å². The molecule has 0 fully saturated rings. The number of rotatable bonds is 2. The van der Waals surface area contributed by atoms with E-state index >= 15 is 0 Å². The summed E-state index contributed by atoms with van der Waals surface area (Å²) in [4.78, 5) is 14.6. The third-order valence-electron chi connectivity index (χ3n) is 1.94. The lowest BCUT2D eigenvalue weighted by molar-refractivity contribution is 0.0691. The Labute approximate surface area is 113 Å². The van der Waals surface area contributed by atoms with E-state index in [1.165, 1.54) is 0 Å². The van der Waals surface area contributed by atoms with Crippen LogP contribution in [0.4, 0.5) is 0 Å². The van der Waals surface area contributed by atoms with E-state index in [2.05, 4.69) is 43.5 Å². The van der Waals surface area contributed by atoms with E-state index in [-0.39, 0.29) is 11.5 Å². The van der Waals surface area contributed by atoms with E-state index in [1.54, 1.807) is 6.07 Å². The minimum Gasteiger partial charge on any atom is -0.476 e. The van der Waals surface area contributed by atoms with Crippen molar-refractivity contribution in [3.05, 3.63) is 38.3 Å². The Kier molecular flexibility index (Phi) is 3.29. The molecule has 0 saturated carbocycles. The van der Waals surface area contributed by atoms with Crippen LogP contribution in [0.1, 0.15) is 10.5 Å². The van der Waals surface area contributed by atoms with Crippen molar-refractivity contribution in [2.75, 3.05) is 0 Å². The first-order valence-electron chi connectivity index (χ1n) is 4.22. The van der Waals surface area contributed by atoms with Crippen LogP contribution in [0.3, 0.4) is 0 Å². The van der Waals surface area contributed by atoms with E-state index < -0.39 is 5.97 Å². The molecule has 1 N–H and O–H groups in total. The molecule has 0 saturated heterocycles. The van der Waals surface area contributed by atoms with Crippen molar-refractivity contribution in [2.24, 2.45) is 0 Å². The van der Waals surface area contributed by atoms with E-state index in [1.807, 2.05) is 12.1 Å². The van der Waals surface area contributed by atoms with Crippen LogP contribution in [0.25, 0.3) is 11.3 Å². The molecule has 1 aromatic carbocycles. The van der Waals surface area contributed by atoms with Gasteiger partial charge in [-0.15, -0.1) is 0 Å². The average Bonchev–Trinajstić information content (AvgIpc) is 2.70. The molecule has 0 aliphatic carbocycles. The number of aromatic nitrogens is 1. The zero-order valence-electron chi connectivity index (χ0n) is 7.78. The summed E-state index contributed by atoms with van der Waals surface area (Å²) in [5, 5.41) is 8.94. The lowest BCUT2D eigenvalue weighted by Crippen LogP contribution is -1.99. The second kappa shape index (κ2) is 4.54. The Bertz CT molecular complexity index is 553. The highest BCUT2D eigenvalue weighted by Gasteiger charge is 2.19. The number of oxazole rings is 1. The van der Waals surface area contributed by atoms with Gasteiger partial charge in [-0.05, 0) is 40.8 Å². The molecular formula is C10H5BrINO3. The largest absolute Gasteiger partial charge is 0.476 e. The van der Waals surface area contributed by atoms with Crippen LogP contribution in [-0.2, 0) is 0 Å². The van der Waals surface area contributed by atoms with Crippen LogP contribution in [0, 0.1) is 3.57 Å². The van der Waals surface area contributed by atoms with Gasteiger partial charge in [-0.25, -0.2) is 9.78 Å². The zero-order chi connectivity index (χ0) is 11.7. The number of aromatic carboxylic acids is 1. The molecule has 0 aliphatic heterocycles. The maximum Gasteiger partial charge on any atom is 0.358 e. The topological polar surface area (TPSA) is 63.3 Å². The number of hydrogen-bond acceptors (Lipinski definition) is 3. The number of carboxylic acids is 1. The normalized spacial score (nSPS) is 10.4. The molecule has 82 valence electrons. The number of benzene rings is 1. The molecule has 6 heteroatoms. The summed E-state index contributed by atoms with van der Waals surface area (Å²) in [5.41, 5.74) is 0.640. The van der Waals surface area contributed by atoms with E-state index in [0.717, 1.165) is 14.4 Å². The van der Waals surface area contributed by atoms with E-state index in [9.17, 15) is 4.79 Å². The van der Waals surface area contributed by atoms with Gasteiger partial charge in [0.2, 0.25) is 0 Å². The maximum atomic E-state index is 10.9. The summed E-state index contributed by atoms with van der Waals surface area (Å²) < 4.78 is 6.89. The molecule has 0 radical (unpaired) electrons. The second-order valence-electron chi connectivity index (χ2n) is 2.96. The fraction of sp³-hybridized carbons (Fsp3) is 0. The Morgan fingerprint density at radius 2 is 2.25 bits per heavy atom. The van der Waals surface area contributed by atoms with Crippen molar-refractivity contribution >= 4 is 44.5 Å². The van der Waals surface area contributed by atoms with E-state index in [0.29, 0.717) is 5.56 Å². The summed E-state index contributed by atoms with van der Waals surface area (Å²) >= 11 is 5.45. The first kappa shape index (κ1) is 11.6. The highest BCUT2D eigenvalue weighted by atomic mass is 127. The van der Waals surface area contributed by atoms with Gasteiger partial charge in [0.05, 0.1) is 0 Å². The lowest BCUT2D eigenvalue weighted by atomic mass is 10.1. The first-order chi connectivity index (χ1) is 7.59. The molecule has 1 heterocycles. The molecular weight excluding hydrogens is 389 g/mol. The van der Waals surface area contributed by atoms with Gasteiger partial charge in [0.25, 0.3) is 0 Å². The maximum absolute atomic E-state index is 10.9. The standard InChI is InChI=1S/C10H5BrINO3/c11-5-1-2-7(12)6(3-5)9-8(10(14)15)13-4-16-9/h1-4H,(H,14,15). The third-order valence-corrected chi connectivity index (χ3v) is 3.38. The Morgan fingerprint density at radius 3 is 2.94 bits per heavy atom. The van der Waals surface area contributed by atoms with Gasteiger partial charge in [0, 0.05) is 13.6 Å². The molecule has 2 aromatic rings. The predicted molar refractivity (Wildman–Crippen MR) is 69.3 cm³/mol. The summed E-state index contributed by atoms with van der Waals surface area (Å²) in [5.74, 6) is -0.822. The third kappa shape index (κ3) is 2.12. The van der Waals surface area contributed by atoms with E-state index in [4.69, 9.17) is 9.52 Å². The molecule has 0 bridgehead atoms. The van der Waals surface area contributed by atoms with Gasteiger partial charge in [-0.3, -0.25) is 0 Å². The number of carboxylic acid groups (broad SMARTS) is 1. The van der Waals surface area contributed by atoms with Crippen LogP contribution < -0.4 is 0 Å². The lowest BCUT2D eigenvalue weighted by Gasteiger charge is -2.02. The zero-order valence-corrected chi connectivity index (χ0v) is 11.5. The van der Waals surface area contributed by atoms with Gasteiger partial charge >= 0.3 is 5.97 Å². The Morgan fingerprint density at radius 1 is 1.50 bits per heavy atom. The van der Waals surface area contributed by atoms with Gasteiger partial charge < -0.3 is 9.52 Å². The molecule has 1 aromatic heterocycles. The number of hydrogen-bond donors (Lipinski definition) is 1. The molecule has 16 heavy (non-hydrogen) atoms. The van der Waals surface area contributed by atoms with Crippen LogP contribution in [0.2, 0.25) is 0 Å². The first-order valence-corrected chi connectivity index (χ1v) is 6.09. The highest BCUT2D eigenvalue weighted by molar-refractivity contribution is 14.1. The highest BCUT2D eigenvalue weighted by Crippen LogP contribution is 2.30. The quantitative estimate of drug-likeness (QED) is 0.794. The van der Waals surface area contributed by atoms with Crippen LogP contribution >= 0.6 is 38.5 Å². The van der Waals surface area contributed by atoms with Crippen molar-refractivity contribution in [2.45, 2.75) is 0 Å². The SMILES string of the molecule is O=C(O)c1ncoc1-c1cc(Br)ccc1I. The molecule has 0 atom stereocenters. The van der Waals surface area contributed by atoms with Gasteiger partial charge in [-0.2, -0.15) is 0 Å². The van der Waals surface area contributed by atoms with Crippen molar-refractivity contribution in [3.8, 4) is 11.3 Å². The predicted octanol–water partition coefficient (Wildman–Crippen LogP) is 3.41. The minimum atomic E-state index is -1.10. The average molecular weight is 394 g/mol. The van der Waals surface area contributed by atoms with Crippen LogP contribution in [0.5, 0.6) is 0 Å². The number of carbonyl (C=O) groups is 1. The van der Waals surface area contributed by atoms with Crippen molar-refractivity contribution in [1.29, 1.82) is 0 Å². The van der Waals surface area contributed by atoms with Crippen molar-refractivity contribution < 1.29 is 14.3 Å². The van der Waals surface area contributed by atoms with Crippen molar-refractivity contribution in [1.82, 2.24) is 4.98 Å². The summed E-state index contributed by atoms with van der Waals surface area (Å²) in [6, 6.07) is 5.55. The smallest absolute Gasteiger partial charge is 0.358 e. The molecule has 4 nitrogen and oxygen atoms in total. The summed E-state index contributed by atoms with van der Waals surface area (Å²) in [6.07, 6.45) is 1.13. The summed E-state index contributed by atoms with van der Waals surface area (Å²) in [6.45, 7) is 0. The Balaban J connectivity index is 2.62. The van der Waals surface area contributed by atoms with Crippen molar-refractivity contribution in [3.63, 3.8) is 0 Å². The minimum absolute atomic E-state index is 0.0731. The number of halogens is 2. The number of nitrogens with zero attached hydrogens (tertiary/aromatic N) is 1. The fourth-order valence-electron chi connectivity index (χ4n) is 1.26. The Hall–Kier alpha value is -0.890. The molecule has 0 spiro atoms. The van der Waals surface area contributed by atoms with Gasteiger partial charge in [0.15, 0.2) is 17.8 Å². The summed E-state index contributed by atoms with van der Waals surface area (Å²) in [7, 11) is 0. The molecule has 0 amide bonds. The van der Waals surface area contributed by atoms with Gasteiger partial charge in [0.1, 0.15) is 0 Å². The molecule has 0 unspecified atom stereocenters. The molecule has 0 aliphatic rings. The van der Waals surface area contributed by atoms with Crippen LogP contribution in [0.15, 0.2) is 33.5 Å². The van der Waals surface area contributed by atoms with Gasteiger partial charge in [-0.1, -0.05) is 15.9 Å². The monoisotopic (exact) mass is 393 g/mol. The molecule has 2 rings (SSSR count). The fourth-order valence-corrected chi connectivity index (χ4v) is 2.20.